The fourth-order valence-electron chi connectivity index (χ4n) is 22.3. The van der Waals surface area contributed by atoms with Crippen LogP contribution >= 0.6 is 0 Å². The Hall–Kier alpha value is -18.6. The molecule has 10 heterocycles. The third kappa shape index (κ3) is 11.7. The first-order valence-electron chi connectivity index (χ1n) is 46.4. The Morgan fingerprint density at radius 3 is 0.577 bits per heavy atom. The summed E-state index contributed by atoms with van der Waals surface area (Å²) in [6.07, 6.45) is 24.5. The topological polar surface area (TPSA) is 103 Å². The van der Waals surface area contributed by atoms with Crippen molar-refractivity contribution < 1.29 is 17.7 Å². The van der Waals surface area contributed by atoms with Gasteiger partial charge in [-0.2, -0.15) is 0 Å². The first kappa shape index (κ1) is 76.2. The van der Waals surface area contributed by atoms with Crippen molar-refractivity contribution >= 4 is 120 Å². The number of benzene rings is 18. The smallest absolute Gasteiger partial charge is 0.234 e. The van der Waals surface area contributed by atoms with Gasteiger partial charge in [0.05, 0.1) is 28.3 Å². The molecule has 0 N–H and O–H groups in total. The van der Waals surface area contributed by atoms with Gasteiger partial charge in [-0.3, -0.25) is 4.57 Å². The first-order chi connectivity index (χ1) is 67.9. The molecule has 0 spiro atoms. The van der Waals surface area contributed by atoms with Crippen molar-refractivity contribution in [1.29, 1.82) is 0 Å². The van der Waals surface area contributed by atoms with E-state index in [1.165, 1.54) is 150 Å². The zero-order valence-corrected chi connectivity index (χ0v) is 73.6. The molecule has 0 aliphatic heterocycles. The SMILES string of the molecule is c1ccc2c(c1)-c1ccccc1-c1cn(-c3ncc4c5ccccc5c5ccccc5c4n3)cc1-c1ccccc1-2.c1ccc2c(c1)-c1cn(-c3cccc4c3oc3ccccc34)cc1-c1ccccc1-c1cn(-c3cccc4c3oc3ccccc34)cc1-2.c1ccc2c(c1)-c1cn(-c3cccc4c3oc3ccccc34)cc1-c1ccccc1-c1cn(-c3cccc4c3oc3ccccc34)cc1-2. The van der Waals surface area contributed by atoms with E-state index in [-0.39, 0.29) is 0 Å². The molecular formula is C126H75N7O4. The highest BCUT2D eigenvalue weighted by Crippen LogP contribution is 2.55. The Morgan fingerprint density at radius 1 is 0.146 bits per heavy atom. The Bertz CT molecular complexity index is 8850. The van der Waals surface area contributed by atoms with Crippen LogP contribution < -0.4 is 0 Å². The monoisotopic (exact) mass is 1750 g/mol. The van der Waals surface area contributed by atoms with Gasteiger partial charge in [-0.15, -0.1) is 0 Å². The average Bonchev–Trinajstić information content (AvgIpc) is 1.42. The number of furan rings is 4. The van der Waals surface area contributed by atoms with Crippen molar-refractivity contribution in [1.82, 2.24) is 32.8 Å². The molecule has 0 radical (unpaired) electrons. The van der Waals surface area contributed by atoms with Crippen LogP contribution in [0.3, 0.4) is 0 Å². The lowest BCUT2D eigenvalue weighted by molar-refractivity contribution is 0.665. The van der Waals surface area contributed by atoms with Gasteiger partial charge in [-0.05, 0) is 143 Å². The maximum Gasteiger partial charge on any atom is 0.234 e. The summed E-state index contributed by atoms with van der Waals surface area (Å²) in [6.45, 7) is 0. The van der Waals surface area contributed by atoms with Crippen molar-refractivity contribution in [3.63, 3.8) is 0 Å². The summed E-state index contributed by atoms with van der Waals surface area (Å²) in [6, 6.07) is 137. The Labute approximate surface area is 784 Å². The molecule has 137 heavy (non-hydrogen) atoms. The van der Waals surface area contributed by atoms with Gasteiger partial charge >= 0.3 is 0 Å². The van der Waals surface area contributed by atoms with Crippen LogP contribution in [0.1, 0.15) is 0 Å². The lowest BCUT2D eigenvalue weighted by Crippen LogP contribution is -1.99. The Kier molecular flexibility index (Phi) is 16.7. The van der Waals surface area contributed by atoms with Crippen LogP contribution in [-0.4, -0.2) is 32.8 Å². The zero-order valence-electron chi connectivity index (χ0n) is 73.6. The number of hydrogen-bond donors (Lipinski definition) is 0. The molecule has 10 aromatic heterocycles. The maximum absolute atomic E-state index is 6.47. The van der Waals surface area contributed by atoms with Gasteiger partial charge in [0.25, 0.3) is 0 Å². The van der Waals surface area contributed by atoms with Gasteiger partial charge in [-0.25, -0.2) is 9.97 Å². The summed E-state index contributed by atoms with van der Waals surface area (Å²) in [5.41, 5.74) is 41.0. The molecule has 11 heteroatoms. The summed E-state index contributed by atoms with van der Waals surface area (Å²) in [7, 11) is 0. The van der Waals surface area contributed by atoms with E-state index in [1.807, 2.05) is 54.7 Å². The van der Waals surface area contributed by atoms with Crippen LogP contribution in [0.4, 0.5) is 0 Å². The molecule has 11 nitrogen and oxygen atoms in total. The molecule has 28 aromatic rings. The number of nitrogens with zero attached hydrogens (tertiary/aromatic N) is 7. The molecule has 31 rings (SSSR count). The normalized spacial score (nSPS) is 12.1. The van der Waals surface area contributed by atoms with Crippen molar-refractivity contribution in [2.45, 2.75) is 0 Å². The Morgan fingerprint density at radius 2 is 0.328 bits per heavy atom. The summed E-state index contributed by atoms with van der Waals surface area (Å²) in [5, 5.41) is 14.8. The summed E-state index contributed by atoms with van der Waals surface area (Å²) < 4.78 is 36.9. The quantitative estimate of drug-likeness (QED) is 0.159. The molecule has 3 aliphatic carbocycles. The minimum absolute atomic E-state index is 0.664. The number of hydrogen-bond acceptors (Lipinski definition) is 6. The molecule has 0 atom stereocenters. The minimum Gasteiger partial charge on any atom is -0.454 e. The van der Waals surface area contributed by atoms with E-state index >= 15 is 0 Å². The van der Waals surface area contributed by atoms with Gasteiger partial charge < -0.3 is 35.9 Å². The van der Waals surface area contributed by atoms with Gasteiger partial charge in [0, 0.05) is 178 Å². The van der Waals surface area contributed by atoms with Crippen LogP contribution in [0, 0.1) is 0 Å². The molecule has 0 amide bonds. The van der Waals surface area contributed by atoms with Crippen molar-refractivity contribution in [3.8, 4) is 162 Å². The van der Waals surface area contributed by atoms with Crippen LogP contribution in [0.25, 0.3) is 282 Å². The van der Waals surface area contributed by atoms with Crippen molar-refractivity contribution in [2.24, 2.45) is 0 Å². The number of fused-ring (bicyclic) bond motifs is 42. The molecule has 638 valence electrons. The average molecular weight is 1750 g/mol. The molecule has 0 saturated heterocycles. The van der Waals surface area contributed by atoms with E-state index in [1.54, 1.807) is 0 Å². The summed E-state index contributed by atoms with van der Waals surface area (Å²) in [5.74, 6) is 0.664. The van der Waals surface area contributed by atoms with E-state index in [0.717, 1.165) is 127 Å². The highest BCUT2D eigenvalue weighted by molar-refractivity contribution is 6.24. The van der Waals surface area contributed by atoms with E-state index in [2.05, 4.69) is 425 Å². The number of rotatable bonds is 5. The molecule has 0 bridgehead atoms. The van der Waals surface area contributed by atoms with Crippen molar-refractivity contribution in [2.75, 3.05) is 0 Å². The maximum atomic E-state index is 6.47. The number of aromatic nitrogens is 7. The van der Waals surface area contributed by atoms with Crippen LogP contribution in [0.15, 0.2) is 474 Å². The molecular weight excluding hydrogens is 1680 g/mol. The predicted molar refractivity (Wildman–Crippen MR) is 559 cm³/mol. The molecule has 18 aromatic carbocycles. The Balaban J connectivity index is 0.0000000998. The van der Waals surface area contributed by atoms with E-state index in [0.29, 0.717) is 5.95 Å². The van der Waals surface area contributed by atoms with Crippen molar-refractivity contribution in [3.05, 3.63) is 456 Å². The molecule has 3 aliphatic rings. The van der Waals surface area contributed by atoms with Crippen LogP contribution in [0.2, 0.25) is 0 Å². The van der Waals surface area contributed by atoms with E-state index < -0.39 is 0 Å². The second kappa shape index (κ2) is 30.0. The number of para-hydroxylation sites is 8. The highest BCUT2D eigenvalue weighted by atomic mass is 16.3. The lowest BCUT2D eigenvalue weighted by atomic mass is 9.82. The predicted octanol–water partition coefficient (Wildman–Crippen LogP) is 33.8. The van der Waals surface area contributed by atoms with Gasteiger partial charge in [-0.1, -0.05) is 340 Å². The molecule has 0 unspecified atom stereocenters. The van der Waals surface area contributed by atoms with E-state index in [4.69, 9.17) is 27.6 Å². The third-order valence-electron chi connectivity index (χ3n) is 28.4. The molecule has 0 fully saturated rings. The highest BCUT2D eigenvalue weighted by Gasteiger charge is 2.32. The summed E-state index contributed by atoms with van der Waals surface area (Å²) in [4.78, 5) is 10.1. The second-order valence-electron chi connectivity index (χ2n) is 35.8. The largest absolute Gasteiger partial charge is 0.454 e. The summed E-state index contributed by atoms with van der Waals surface area (Å²) >= 11 is 0. The zero-order chi connectivity index (χ0) is 89.6. The fourth-order valence-corrected chi connectivity index (χ4v) is 22.3. The van der Waals surface area contributed by atoms with Crippen LogP contribution in [0.5, 0.6) is 0 Å². The van der Waals surface area contributed by atoms with Crippen LogP contribution in [-0.2, 0) is 0 Å². The first-order valence-corrected chi connectivity index (χ1v) is 46.4. The van der Waals surface area contributed by atoms with Gasteiger partial charge in [0.2, 0.25) is 5.95 Å². The van der Waals surface area contributed by atoms with Gasteiger partial charge in [0.1, 0.15) is 22.3 Å². The second-order valence-corrected chi connectivity index (χ2v) is 35.8. The minimum atomic E-state index is 0.664. The van der Waals surface area contributed by atoms with Gasteiger partial charge in [0.15, 0.2) is 22.3 Å². The lowest BCUT2D eigenvalue weighted by Gasteiger charge is -2.20. The molecule has 0 saturated carbocycles. The standard InChI is InChI=1S/2C44H26N2O2.C38H23N3/c2*1-2-12-28-27(11-1)35-23-45(39-19-9-17-33-31-15-5-7-21-41(31)47-43(33)39)25-37(35)29-13-3-4-14-30(29)38-26-46(24-36(28)38)40-20-10-18-34-32-16-6-8-22-42(32)48-44(34)40;1-2-12-25-24(11-1)26-13-4-7-18-31(26)35-22-41(23-36(35)32-19-8-5-14-27(25)32)38-39-21-34-30-17-6-3-15-28(30)29-16-9-10-20-33(29)37(34)40-38/h2*1-26H;1-23H. The third-order valence-corrected chi connectivity index (χ3v) is 28.4. The fraction of sp³-hybridized carbons (Fsp3) is 0. The van der Waals surface area contributed by atoms with E-state index in [9.17, 15) is 0 Å².